The van der Waals surface area contributed by atoms with Crippen LogP contribution in [0.15, 0.2) is 37.0 Å². The second kappa shape index (κ2) is 10.00. The Morgan fingerprint density at radius 2 is 1.78 bits per heavy atom. The van der Waals surface area contributed by atoms with Gasteiger partial charge in [-0.1, -0.05) is 37.0 Å². The molecule has 0 aromatic rings. The molecule has 0 aliphatic heterocycles. The van der Waals surface area contributed by atoms with Gasteiger partial charge in [-0.25, -0.2) is 0 Å². The fourth-order valence-corrected chi connectivity index (χ4v) is 0.254. The number of rotatable bonds is 2. The van der Waals surface area contributed by atoms with Crippen molar-refractivity contribution in [3.63, 3.8) is 0 Å². The molecule has 0 aromatic carbocycles. The molecule has 0 radical (unpaired) electrons. The van der Waals surface area contributed by atoms with Crippen LogP contribution in [0.2, 0.25) is 0 Å². The van der Waals surface area contributed by atoms with Gasteiger partial charge < -0.3 is 4.79 Å². The molecule has 9 heavy (non-hydrogen) atoms. The summed E-state index contributed by atoms with van der Waals surface area (Å²) in [4.78, 5) is 8.00. The third-order valence-electron chi connectivity index (χ3n) is 0.703. The summed E-state index contributed by atoms with van der Waals surface area (Å²) < 4.78 is 0. The lowest BCUT2D eigenvalue weighted by molar-refractivity contribution is -0.0979. The van der Waals surface area contributed by atoms with Crippen molar-refractivity contribution in [2.24, 2.45) is 0 Å². The van der Waals surface area contributed by atoms with Crippen LogP contribution in [0.4, 0.5) is 0 Å². The molecule has 0 heterocycles. The van der Waals surface area contributed by atoms with E-state index in [4.69, 9.17) is 4.79 Å². The van der Waals surface area contributed by atoms with Crippen molar-refractivity contribution in [1.82, 2.24) is 0 Å². The first-order valence-electron chi connectivity index (χ1n) is 2.52. The first kappa shape index (κ1) is 10.8. The molecule has 0 saturated carbocycles. The molecule has 0 fully saturated rings. The maximum Gasteiger partial charge on any atom is 0.106 e. The standard InChI is InChI=1S/C7H10.CH2O/c1-4-6-7(3)5-2;1-2/h4-6H,1-2H2,3H3;1H2/b7-6-;. The van der Waals surface area contributed by atoms with Gasteiger partial charge in [0.2, 0.25) is 0 Å². The van der Waals surface area contributed by atoms with Crippen LogP contribution in [0.25, 0.3) is 0 Å². The van der Waals surface area contributed by atoms with Gasteiger partial charge in [0.25, 0.3) is 0 Å². The average molecular weight is 124 g/mol. The second-order valence-electron chi connectivity index (χ2n) is 1.35. The average Bonchev–Trinajstić information content (AvgIpc) is 1.93. The highest BCUT2D eigenvalue weighted by Gasteiger charge is 1.68. The Bertz CT molecular complexity index is 112. The van der Waals surface area contributed by atoms with Gasteiger partial charge in [-0.2, -0.15) is 0 Å². The molecule has 0 aromatic heterocycles. The van der Waals surface area contributed by atoms with E-state index in [1.54, 1.807) is 12.2 Å². The van der Waals surface area contributed by atoms with E-state index in [1.165, 1.54) is 0 Å². The lowest BCUT2D eigenvalue weighted by atomic mass is 10.3. The van der Waals surface area contributed by atoms with Crippen LogP contribution in [-0.4, -0.2) is 6.79 Å². The zero-order valence-corrected chi connectivity index (χ0v) is 5.76. The molecule has 1 nitrogen and oxygen atoms in total. The second-order valence-corrected chi connectivity index (χ2v) is 1.35. The van der Waals surface area contributed by atoms with E-state index in [2.05, 4.69) is 13.2 Å². The van der Waals surface area contributed by atoms with Gasteiger partial charge >= 0.3 is 0 Å². The van der Waals surface area contributed by atoms with Gasteiger partial charge in [0.05, 0.1) is 0 Å². The summed E-state index contributed by atoms with van der Waals surface area (Å²) in [6.45, 7) is 11.1. The predicted molar refractivity (Wildman–Crippen MR) is 41.3 cm³/mol. The van der Waals surface area contributed by atoms with Gasteiger partial charge in [0, 0.05) is 0 Å². The molecular formula is C8H12O. The van der Waals surface area contributed by atoms with Crippen LogP contribution in [0, 0.1) is 0 Å². The number of carbonyl (C=O) groups is 1. The molecular weight excluding hydrogens is 112 g/mol. The van der Waals surface area contributed by atoms with Crippen LogP contribution >= 0.6 is 0 Å². The maximum absolute atomic E-state index is 8.00. The monoisotopic (exact) mass is 124 g/mol. The van der Waals surface area contributed by atoms with Gasteiger partial charge in [-0.15, -0.1) is 0 Å². The summed E-state index contributed by atoms with van der Waals surface area (Å²) in [6, 6.07) is 0. The van der Waals surface area contributed by atoms with E-state index in [0.717, 1.165) is 5.57 Å². The highest BCUT2D eigenvalue weighted by Crippen LogP contribution is 1.90. The predicted octanol–water partition coefficient (Wildman–Crippen LogP) is 2.12. The van der Waals surface area contributed by atoms with Crippen LogP contribution in [0.1, 0.15) is 6.92 Å². The normalized spacial score (nSPS) is 8.78. The van der Waals surface area contributed by atoms with E-state index in [1.807, 2.05) is 19.8 Å². The zero-order chi connectivity index (χ0) is 7.70. The number of hydrogen-bond acceptors (Lipinski definition) is 1. The number of hydrogen-bond donors (Lipinski definition) is 0. The lowest BCUT2D eigenvalue weighted by Gasteiger charge is -1.80. The fourth-order valence-electron chi connectivity index (χ4n) is 0.254. The molecule has 0 unspecified atom stereocenters. The summed E-state index contributed by atoms with van der Waals surface area (Å²) in [7, 11) is 0. The summed E-state index contributed by atoms with van der Waals surface area (Å²) in [6.07, 6.45) is 5.45. The molecule has 50 valence electrons. The molecule has 0 atom stereocenters. The Kier molecular flexibility index (Phi) is 12.0. The van der Waals surface area contributed by atoms with Gasteiger partial charge in [0.1, 0.15) is 6.79 Å². The molecule has 0 amide bonds. The zero-order valence-electron chi connectivity index (χ0n) is 5.76. The Balaban J connectivity index is 0. The number of allylic oxidation sites excluding steroid dienone is 4. The largest absolute Gasteiger partial charge is 0.307 e. The molecule has 0 aliphatic carbocycles. The molecule has 1 heteroatoms. The minimum absolute atomic E-state index is 1.15. The third-order valence-corrected chi connectivity index (χ3v) is 0.703. The summed E-state index contributed by atoms with van der Waals surface area (Å²) in [5, 5.41) is 0. The smallest absolute Gasteiger partial charge is 0.106 e. The Hall–Kier alpha value is -1.11. The van der Waals surface area contributed by atoms with Crippen LogP contribution in [0.3, 0.4) is 0 Å². The topological polar surface area (TPSA) is 17.1 Å². The fraction of sp³-hybridized carbons (Fsp3) is 0.125. The van der Waals surface area contributed by atoms with E-state index in [9.17, 15) is 0 Å². The summed E-state index contributed by atoms with van der Waals surface area (Å²) in [5.74, 6) is 0. The van der Waals surface area contributed by atoms with E-state index < -0.39 is 0 Å². The quantitative estimate of drug-likeness (QED) is 0.515. The molecule has 0 saturated heterocycles. The van der Waals surface area contributed by atoms with Crippen molar-refractivity contribution in [1.29, 1.82) is 0 Å². The highest BCUT2D eigenvalue weighted by atomic mass is 16.1. The lowest BCUT2D eigenvalue weighted by Crippen LogP contribution is -1.58. The SMILES string of the molecule is C=C/C=C(/C)C=C.C=O. The van der Waals surface area contributed by atoms with Crippen molar-refractivity contribution in [2.75, 3.05) is 0 Å². The Morgan fingerprint density at radius 1 is 1.33 bits per heavy atom. The van der Waals surface area contributed by atoms with E-state index in [-0.39, 0.29) is 0 Å². The van der Waals surface area contributed by atoms with E-state index >= 15 is 0 Å². The van der Waals surface area contributed by atoms with Crippen LogP contribution in [-0.2, 0) is 4.79 Å². The van der Waals surface area contributed by atoms with Crippen molar-refractivity contribution >= 4 is 6.79 Å². The highest BCUT2D eigenvalue weighted by molar-refractivity contribution is 5.17. The Morgan fingerprint density at radius 3 is 1.89 bits per heavy atom. The minimum atomic E-state index is 1.15. The van der Waals surface area contributed by atoms with Crippen molar-refractivity contribution in [3.05, 3.63) is 37.0 Å². The van der Waals surface area contributed by atoms with Gasteiger partial charge in [0.15, 0.2) is 0 Å². The Labute approximate surface area is 56.4 Å². The molecule has 0 N–H and O–H groups in total. The van der Waals surface area contributed by atoms with Gasteiger partial charge in [-0.3, -0.25) is 0 Å². The minimum Gasteiger partial charge on any atom is -0.307 e. The van der Waals surface area contributed by atoms with Crippen molar-refractivity contribution < 1.29 is 4.79 Å². The molecule has 0 rings (SSSR count). The summed E-state index contributed by atoms with van der Waals surface area (Å²) in [5.41, 5.74) is 1.15. The molecule has 0 spiro atoms. The first-order valence-corrected chi connectivity index (χ1v) is 2.52. The maximum atomic E-state index is 8.00. The van der Waals surface area contributed by atoms with Gasteiger partial charge in [-0.05, 0) is 6.92 Å². The van der Waals surface area contributed by atoms with E-state index in [0.29, 0.717) is 0 Å². The first-order chi connectivity index (χ1) is 4.31. The van der Waals surface area contributed by atoms with Crippen LogP contribution in [0.5, 0.6) is 0 Å². The third kappa shape index (κ3) is 10.9. The molecule has 0 bridgehead atoms. The van der Waals surface area contributed by atoms with Crippen molar-refractivity contribution in [2.45, 2.75) is 6.92 Å². The van der Waals surface area contributed by atoms with Crippen molar-refractivity contribution in [3.8, 4) is 0 Å². The number of carbonyl (C=O) groups excluding carboxylic acids is 1. The summed E-state index contributed by atoms with van der Waals surface area (Å²) >= 11 is 0. The van der Waals surface area contributed by atoms with Crippen LogP contribution < -0.4 is 0 Å². The molecule has 0 aliphatic rings.